The second-order valence-corrected chi connectivity index (χ2v) is 11.5. The highest BCUT2D eigenvalue weighted by Crippen LogP contribution is 2.40. The van der Waals surface area contributed by atoms with Crippen LogP contribution in [0.5, 0.6) is 6.01 Å². The van der Waals surface area contributed by atoms with E-state index in [-0.39, 0.29) is 5.82 Å². The zero-order valence-electron chi connectivity index (χ0n) is 21.6. The lowest BCUT2D eigenvalue weighted by Gasteiger charge is -2.35. The van der Waals surface area contributed by atoms with Crippen molar-refractivity contribution in [1.82, 2.24) is 20.2 Å². The second-order valence-electron chi connectivity index (χ2n) is 11.5. The lowest BCUT2D eigenvalue weighted by Crippen LogP contribution is -2.39. The largest absolute Gasteiger partial charge is 0.462 e. The Morgan fingerprint density at radius 3 is 2.62 bits per heavy atom. The molecule has 4 atom stereocenters. The van der Waals surface area contributed by atoms with E-state index >= 15 is 0 Å². The smallest absolute Gasteiger partial charge is 0.316 e. The molecule has 0 radical (unpaired) electrons. The summed E-state index contributed by atoms with van der Waals surface area (Å²) in [5, 5.41) is 5.40. The highest BCUT2D eigenvalue weighted by atomic mass is 19.1. The average molecular weight is 502 g/mol. The Morgan fingerprint density at radius 1 is 1.03 bits per heavy atom. The number of nitrogens with zero attached hydrogens (tertiary/aromatic N) is 4. The lowest BCUT2D eigenvalue weighted by atomic mass is 9.85. The maximum Gasteiger partial charge on any atom is 0.316 e. The van der Waals surface area contributed by atoms with Crippen molar-refractivity contribution in [3.05, 3.63) is 59.2 Å². The number of piperidine rings is 1. The van der Waals surface area contributed by atoms with Crippen LogP contribution in [-0.2, 0) is 13.0 Å². The molecule has 6 nitrogen and oxygen atoms in total. The highest BCUT2D eigenvalue weighted by Gasteiger charge is 2.37. The van der Waals surface area contributed by atoms with Crippen molar-refractivity contribution in [3.8, 4) is 6.01 Å². The summed E-state index contributed by atoms with van der Waals surface area (Å²) in [5.41, 5.74) is 4.50. The highest BCUT2D eigenvalue weighted by molar-refractivity contribution is 5.94. The van der Waals surface area contributed by atoms with Gasteiger partial charge in [-0.1, -0.05) is 24.3 Å². The van der Waals surface area contributed by atoms with Crippen LogP contribution in [0.1, 0.15) is 61.4 Å². The minimum Gasteiger partial charge on any atom is -0.462 e. The molecule has 194 valence electrons. The number of fused-ring (bicyclic) bond motifs is 4. The van der Waals surface area contributed by atoms with Crippen LogP contribution in [0, 0.1) is 5.82 Å². The Hall–Kier alpha value is -2.77. The first kappa shape index (κ1) is 23.4. The minimum atomic E-state index is -0.169. The van der Waals surface area contributed by atoms with Crippen molar-refractivity contribution >= 4 is 16.5 Å². The van der Waals surface area contributed by atoms with Crippen LogP contribution in [0.25, 0.3) is 10.8 Å². The quantitative estimate of drug-likeness (QED) is 0.542. The summed E-state index contributed by atoms with van der Waals surface area (Å²) >= 11 is 0. The molecule has 3 aromatic rings. The van der Waals surface area contributed by atoms with Gasteiger partial charge in [0.05, 0.1) is 17.9 Å². The summed E-state index contributed by atoms with van der Waals surface area (Å²) in [6, 6.07) is 13.5. The molecule has 37 heavy (non-hydrogen) atoms. The van der Waals surface area contributed by atoms with Crippen molar-refractivity contribution in [1.29, 1.82) is 0 Å². The third-order valence-electron chi connectivity index (χ3n) is 9.19. The molecule has 2 bridgehead atoms. The van der Waals surface area contributed by atoms with Crippen LogP contribution < -0.4 is 15.0 Å². The fraction of sp³-hybridized carbons (Fsp3) is 0.533. The Morgan fingerprint density at radius 2 is 1.84 bits per heavy atom. The zero-order valence-corrected chi connectivity index (χ0v) is 21.6. The average Bonchev–Trinajstić information content (AvgIpc) is 3.49. The van der Waals surface area contributed by atoms with E-state index in [1.807, 2.05) is 24.3 Å². The summed E-state index contributed by atoms with van der Waals surface area (Å²) in [6.45, 7) is 3.24. The number of nitrogens with one attached hydrogen (secondary N) is 1. The summed E-state index contributed by atoms with van der Waals surface area (Å²) < 4.78 is 21.2. The van der Waals surface area contributed by atoms with Crippen LogP contribution in [0.3, 0.4) is 0 Å². The molecule has 0 aliphatic carbocycles. The van der Waals surface area contributed by atoms with Gasteiger partial charge in [0.15, 0.2) is 0 Å². The van der Waals surface area contributed by atoms with Crippen molar-refractivity contribution in [2.75, 3.05) is 31.6 Å². The minimum absolute atomic E-state index is 0.169. The van der Waals surface area contributed by atoms with Gasteiger partial charge in [0.2, 0.25) is 0 Å². The predicted octanol–water partition coefficient (Wildman–Crippen LogP) is 4.80. The Kier molecular flexibility index (Phi) is 6.01. The topological polar surface area (TPSA) is 53.5 Å². The van der Waals surface area contributed by atoms with Crippen LogP contribution in [0.2, 0.25) is 0 Å². The fourth-order valence-corrected chi connectivity index (χ4v) is 7.22. The van der Waals surface area contributed by atoms with E-state index in [2.05, 4.69) is 22.2 Å². The predicted molar refractivity (Wildman–Crippen MR) is 144 cm³/mol. The number of likely N-dealkylation sites (tertiary alicyclic amines) is 1. The maximum absolute atomic E-state index is 14.9. The van der Waals surface area contributed by atoms with E-state index in [1.165, 1.54) is 30.5 Å². The molecule has 1 unspecified atom stereocenters. The molecule has 0 spiro atoms. The number of aromatic nitrogens is 2. The van der Waals surface area contributed by atoms with Gasteiger partial charge in [0, 0.05) is 41.7 Å². The lowest BCUT2D eigenvalue weighted by molar-refractivity contribution is 0.186. The third kappa shape index (κ3) is 4.36. The van der Waals surface area contributed by atoms with Gasteiger partial charge in [0.25, 0.3) is 0 Å². The van der Waals surface area contributed by atoms with Gasteiger partial charge in [-0.05, 0) is 81.6 Å². The molecule has 7 rings (SSSR count). The number of halogens is 1. The van der Waals surface area contributed by atoms with E-state index in [9.17, 15) is 4.39 Å². The van der Waals surface area contributed by atoms with Gasteiger partial charge in [-0.2, -0.15) is 9.97 Å². The molecule has 2 aromatic carbocycles. The fourth-order valence-electron chi connectivity index (χ4n) is 7.22. The third-order valence-corrected chi connectivity index (χ3v) is 9.19. The number of ether oxygens (including phenoxy) is 1. The molecule has 3 fully saturated rings. The number of rotatable bonds is 5. The molecular weight excluding hydrogens is 465 g/mol. The van der Waals surface area contributed by atoms with Gasteiger partial charge in [-0.25, -0.2) is 4.39 Å². The summed E-state index contributed by atoms with van der Waals surface area (Å²) in [6.07, 6.45) is 8.08. The Balaban J connectivity index is 1.23. The van der Waals surface area contributed by atoms with Crippen molar-refractivity contribution < 1.29 is 9.13 Å². The first-order valence-electron chi connectivity index (χ1n) is 14.0. The van der Waals surface area contributed by atoms with E-state index < -0.39 is 0 Å². The van der Waals surface area contributed by atoms with Crippen LogP contribution in [0.4, 0.5) is 10.1 Å². The normalized spacial score (nSPS) is 27.6. The molecule has 0 amide bonds. The number of hydrogen-bond donors (Lipinski definition) is 1. The molecule has 3 saturated heterocycles. The van der Waals surface area contributed by atoms with Crippen molar-refractivity contribution in [2.24, 2.45) is 0 Å². The molecule has 5 heterocycles. The molecule has 7 heteroatoms. The molecule has 1 N–H and O–H groups in total. The number of hydrogen-bond acceptors (Lipinski definition) is 6. The van der Waals surface area contributed by atoms with Gasteiger partial charge < -0.3 is 19.9 Å². The van der Waals surface area contributed by atoms with Crippen LogP contribution in [-0.4, -0.2) is 59.7 Å². The second kappa shape index (κ2) is 9.52. The Bertz CT molecular complexity index is 1300. The van der Waals surface area contributed by atoms with Gasteiger partial charge in [-0.3, -0.25) is 0 Å². The van der Waals surface area contributed by atoms with Crippen LogP contribution >= 0.6 is 0 Å². The van der Waals surface area contributed by atoms with Crippen LogP contribution in [0.15, 0.2) is 36.4 Å². The van der Waals surface area contributed by atoms with Gasteiger partial charge >= 0.3 is 6.01 Å². The van der Waals surface area contributed by atoms with Gasteiger partial charge in [0.1, 0.15) is 12.4 Å². The van der Waals surface area contributed by atoms with E-state index in [0.717, 1.165) is 55.5 Å². The first-order valence-corrected chi connectivity index (χ1v) is 14.0. The van der Waals surface area contributed by atoms with E-state index in [1.54, 1.807) is 12.1 Å². The zero-order chi connectivity index (χ0) is 24.9. The summed E-state index contributed by atoms with van der Waals surface area (Å²) in [7, 11) is 2.17. The maximum atomic E-state index is 14.9. The number of likely N-dealkylation sites (N-methyl/N-ethyl adjacent to an activating group) is 1. The molecule has 1 aromatic heterocycles. The standard InChI is InChI=1S/C30H36FN5O/c1-35-13-4-7-23(35)18-37-30-33-26-17-36(27-9-3-6-19-5-2-8-25(31)28(19)27)14-12-24(26)29(34-30)20-15-21-10-11-22(16-20)32-21/h2-3,5-6,8-9,20-23,32H,4,7,10-18H2,1H3/t20?,21-,22+,23-/m0/s1. The van der Waals surface area contributed by atoms with E-state index in [4.69, 9.17) is 14.7 Å². The van der Waals surface area contributed by atoms with E-state index in [0.29, 0.717) is 48.6 Å². The summed E-state index contributed by atoms with van der Waals surface area (Å²) in [4.78, 5) is 14.7. The van der Waals surface area contributed by atoms with Crippen molar-refractivity contribution in [2.45, 2.75) is 75.5 Å². The Labute approximate surface area is 218 Å². The van der Waals surface area contributed by atoms with Crippen molar-refractivity contribution in [3.63, 3.8) is 0 Å². The first-order chi connectivity index (χ1) is 18.1. The molecule has 4 aliphatic heterocycles. The monoisotopic (exact) mass is 501 g/mol. The molecule has 0 saturated carbocycles. The van der Waals surface area contributed by atoms with Gasteiger partial charge in [-0.15, -0.1) is 0 Å². The number of benzene rings is 2. The molecular formula is C30H36FN5O. The summed E-state index contributed by atoms with van der Waals surface area (Å²) in [5.74, 6) is 0.283. The molecule has 4 aliphatic rings. The number of anilines is 1. The SMILES string of the molecule is CN1CCC[C@H]1COc1nc2c(c(C3C[C@H]4CC[C@@H](C3)N4)n1)CCN(c1cccc3cccc(F)c13)C2.